The van der Waals surface area contributed by atoms with Gasteiger partial charge in [-0.25, -0.2) is 0 Å². The third-order valence-corrected chi connectivity index (χ3v) is 3.59. The van der Waals surface area contributed by atoms with E-state index in [4.69, 9.17) is 9.47 Å². The van der Waals surface area contributed by atoms with Gasteiger partial charge in [-0.05, 0) is 42.8 Å². The number of aryl methyl sites for hydroxylation is 1. The Bertz CT molecular complexity index is 740. The summed E-state index contributed by atoms with van der Waals surface area (Å²) in [7, 11) is 3.05. The lowest BCUT2D eigenvalue weighted by Gasteiger charge is -2.09. The molecule has 2 aromatic rings. The number of hydrogen-bond donors (Lipinski definition) is 1. The fraction of sp³-hybridized carbons (Fsp3) is 0.263. The minimum Gasteiger partial charge on any atom is -0.493 e. The fourth-order valence-electron chi connectivity index (χ4n) is 2.33. The van der Waals surface area contributed by atoms with Gasteiger partial charge >= 0.3 is 0 Å². The number of benzene rings is 2. The summed E-state index contributed by atoms with van der Waals surface area (Å²) in [5.74, 6) is 0.753. The molecule has 5 nitrogen and oxygen atoms in total. The SMILES string of the molecule is COc1ccc(C(=O)CCC(=O)Nc2cccc(C)c2)cc1OC. The molecular weight excluding hydrogens is 306 g/mol. The van der Waals surface area contributed by atoms with Gasteiger partial charge in [0.2, 0.25) is 5.91 Å². The predicted octanol–water partition coefficient (Wildman–Crippen LogP) is 3.61. The summed E-state index contributed by atoms with van der Waals surface area (Å²) in [4.78, 5) is 24.2. The van der Waals surface area contributed by atoms with Gasteiger partial charge in [-0.15, -0.1) is 0 Å². The van der Waals surface area contributed by atoms with Crippen LogP contribution in [-0.2, 0) is 4.79 Å². The van der Waals surface area contributed by atoms with Crippen LogP contribution in [0.3, 0.4) is 0 Å². The van der Waals surface area contributed by atoms with Crippen molar-refractivity contribution in [3.05, 3.63) is 53.6 Å². The Hall–Kier alpha value is -2.82. The molecule has 0 aliphatic rings. The standard InChI is InChI=1S/C19H21NO4/c1-13-5-4-6-15(11-13)20-19(22)10-8-16(21)14-7-9-17(23-2)18(12-14)24-3/h4-7,9,11-12H,8,10H2,1-3H3,(H,20,22). The molecular formula is C19H21NO4. The topological polar surface area (TPSA) is 64.6 Å². The smallest absolute Gasteiger partial charge is 0.224 e. The van der Waals surface area contributed by atoms with Gasteiger partial charge in [-0.3, -0.25) is 9.59 Å². The second-order valence-corrected chi connectivity index (χ2v) is 5.41. The highest BCUT2D eigenvalue weighted by molar-refractivity contribution is 6.00. The summed E-state index contributed by atoms with van der Waals surface area (Å²) in [6.07, 6.45) is 0.258. The number of amides is 1. The van der Waals surface area contributed by atoms with Crippen LogP contribution in [0, 0.1) is 6.92 Å². The zero-order valence-electron chi connectivity index (χ0n) is 14.1. The molecule has 0 fully saturated rings. The molecule has 24 heavy (non-hydrogen) atoms. The monoisotopic (exact) mass is 327 g/mol. The van der Waals surface area contributed by atoms with Crippen LogP contribution < -0.4 is 14.8 Å². The number of methoxy groups -OCH3 is 2. The summed E-state index contributed by atoms with van der Waals surface area (Å²) >= 11 is 0. The molecule has 0 unspecified atom stereocenters. The molecule has 0 bridgehead atoms. The molecule has 5 heteroatoms. The van der Waals surface area contributed by atoms with E-state index in [-0.39, 0.29) is 24.5 Å². The molecule has 0 saturated carbocycles. The summed E-state index contributed by atoms with van der Waals surface area (Å²) < 4.78 is 10.3. The molecule has 0 aromatic heterocycles. The van der Waals surface area contributed by atoms with E-state index in [2.05, 4.69) is 5.32 Å². The van der Waals surface area contributed by atoms with E-state index in [1.165, 1.54) is 14.2 Å². The average molecular weight is 327 g/mol. The number of ether oxygens (including phenoxy) is 2. The quantitative estimate of drug-likeness (QED) is 0.789. The molecule has 1 amide bonds. The van der Waals surface area contributed by atoms with E-state index in [0.29, 0.717) is 17.1 Å². The molecule has 2 aromatic carbocycles. The van der Waals surface area contributed by atoms with Crippen LogP contribution in [0.4, 0.5) is 5.69 Å². The Balaban J connectivity index is 1.94. The number of carbonyl (C=O) groups is 2. The third kappa shape index (κ3) is 4.59. The van der Waals surface area contributed by atoms with Gasteiger partial charge in [0.25, 0.3) is 0 Å². The Morgan fingerprint density at radius 3 is 2.38 bits per heavy atom. The van der Waals surface area contributed by atoms with Crippen molar-refractivity contribution in [2.75, 3.05) is 19.5 Å². The summed E-state index contributed by atoms with van der Waals surface area (Å²) in [5.41, 5.74) is 2.30. The second-order valence-electron chi connectivity index (χ2n) is 5.41. The predicted molar refractivity (Wildman–Crippen MR) is 92.9 cm³/mol. The number of anilines is 1. The molecule has 1 N–H and O–H groups in total. The van der Waals surface area contributed by atoms with E-state index >= 15 is 0 Å². The van der Waals surface area contributed by atoms with Gasteiger partial charge in [0.1, 0.15) is 0 Å². The van der Waals surface area contributed by atoms with E-state index in [0.717, 1.165) is 11.3 Å². The third-order valence-electron chi connectivity index (χ3n) is 3.59. The number of nitrogens with one attached hydrogen (secondary N) is 1. The maximum atomic E-state index is 12.2. The van der Waals surface area contributed by atoms with Crippen LogP contribution in [0.2, 0.25) is 0 Å². The Kier molecular flexibility index (Phi) is 5.95. The van der Waals surface area contributed by atoms with Crippen molar-refractivity contribution >= 4 is 17.4 Å². The van der Waals surface area contributed by atoms with Crippen LogP contribution in [0.1, 0.15) is 28.8 Å². The summed E-state index contributed by atoms with van der Waals surface area (Å²) in [6.45, 7) is 1.95. The Labute approximate surface area is 141 Å². The first-order chi connectivity index (χ1) is 11.5. The minimum absolute atomic E-state index is 0.115. The Morgan fingerprint density at radius 1 is 0.958 bits per heavy atom. The second kappa shape index (κ2) is 8.15. The molecule has 0 saturated heterocycles. The zero-order valence-corrected chi connectivity index (χ0v) is 14.1. The van der Waals surface area contributed by atoms with Gasteiger partial charge in [0.15, 0.2) is 17.3 Å². The summed E-state index contributed by atoms with van der Waals surface area (Å²) in [6, 6.07) is 12.5. The highest BCUT2D eigenvalue weighted by atomic mass is 16.5. The largest absolute Gasteiger partial charge is 0.493 e. The van der Waals surface area contributed by atoms with Crippen LogP contribution in [0.5, 0.6) is 11.5 Å². The van der Waals surface area contributed by atoms with Gasteiger partial charge in [0, 0.05) is 24.1 Å². The molecule has 0 heterocycles. The molecule has 0 aliphatic heterocycles. The van der Waals surface area contributed by atoms with Crippen LogP contribution >= 0.6 is 0 Å². The van der Waals surface area contributed by atoms with E-state index in [1.54, 1.807) is 18.2 Å². The molecule has 0 radical (unpaired) electrons. The van der Waals surface area contributed by atoms with Crippen LogP contribution in [0.15, 0.2) is 42.5 Å². The van der Waals surface area contributed by atoms with Crippen LogP contribution in [0.25, 0.3) is 0 Å². The lowest BCUT2D eigenvalue weighted by Crippen LogP contribution is -2.13. The minimum atomic E-state index is -0.186. The lowest BCUT2D eigenvalue weighted by molar-refractivity contribution is -0.116. The van der Waals surface area contributed by atoms with E-state index in [9.17, 15) is 9.59 Å². The Morgan fingerprint density at radius 2 is 1.71 bits per heavy atom. The van der Waals surface area contributed by atoms with Crippen LogP contribution in [-0.4, -0.2) is 25.9 Å². The maximum absolute atomic E-state index is 12.2. The molecule has 126 valence electrons. The van der Waals surface area contributed by atoms with Crippen molar-refractivity contribution in [3.8, 4) is 11.5 Å². The van der Waals surface area contributed by atoms with E-state index in [1.807, 2.05) is 31.2 Å². The molecule has 0 atom stereocenters. The normalized spacial score (nSPS) is 10.1. The highest BCUT2D eigenvalue weighted by Gasteiger charge is 2.13. The maximum Gasteiger partial charge on any atom is 0.224 e. The van der Waals surface area contributed by atoms with Gasteiger partial charge in [0.05, 0.1) is 14.2 Å². The average Bonchev–Trinajstić information content (AvgIpc) is 2.59. The van der Waals surface area contributed by atoms with Crippen molar-refractivity contribution in [1.29, 1.82) is 0 Å². The zero-order chi connectivity index (χ0) is 17.5. The number of rotatable bonds is 7. The fourth-order valence-corrected chi connectivity index (χ4v) is 2.33. The molecule has 2 rings (SSSR count). The van der Waals surface area contributed by atoms with Crippen molar-refractivity contribution in [1.82, 2.24) is 0 Å². The summed E-state index contributed by atoms with van der Waals surface area (Å²) in [5, 5.41) is 2.79. The van der Waals surface area contributed by atoms with Crippen molar-refractivity contribution in [2.24, 2.45) is 0 Å². The first-order valence-electron chi connectivity index (χ1n) is 7.65. The van der Waals surface area contributed by atoms with Crippen molar-refractivity contribution < 1.29 is 19.1 Å². The van der Waals surface area contributed by atoms with Crippen molar-refractivity contribution in [3.63, 3.8) is 0 Å². The lowest BCUT2D eigenvalue weighted by atomic mass is 10.1. The number of Topliss-reactive ketones (excluding diaryl/α,β-unsaturated/α-hetero) is 1. The molecule has 0 spiro atoms. The van der Waals surface area contributed by atoms with Gasteiger partial charge in [-0.1, -0.05) is 12.1 Å². The van der Waals surface area contributed by atoms with Gasteiger partial charge in [-0.2, -0.15) is 0 Å². The van der Waals surface area contributed by atoms with E-state index < -0.39 is 0 Å². The highest BCUT2D eigenvalue weighted by Crippen LogP contribution is 2.28. The first kappa shape index (κ1) is 17.5. The number of carbonyl (C=O) groups excluding carboxylic acids is 2. The first-order valence-corrected chi connectivity index (χ1v) is 7.65. The molecule has 0 aliphatic carbocycles. The van der Waals surface area contributed by atoms with Crippen molar-refractivity contribution in [2.45, 2.75) is 19.8 Å². The number of ketones is 1. The number of hydrogen-bond acceptors (Lipinski definition) is 4. The van der Waals surface area contributed by atoms with Gasteiger partial charge < -0.3 is 14.8 Å².